The van der Waals surface area contributed by atoms with Gasteiger partial charge in [0.2, 0.25) is 11.7 Å². The van der Waals surface area contributed by atoms with Gasteiger partial charge in [-0.2, -0.15) is 0 Å². The van der Waals surface area contributed by atoms with E-state index in [0.29, 0.717) is 11.0 Å². The van der Waals surface area contributed by atoms with Gasteiger partial charge in [0.25, 0.3) is 0 Å². The van der Waals surface area contributed by atoms with Crippen LogP contribution in [0.15, 0.2) is 11.6 Å². The summed E-state index contributed by atoms with van der Waals surface area (Å²) >= 11 is 1.35. The summed E-state index contributed by atoms with van der Waals surface area (Å²) < 4.78 is 1.44. The van der Waals surface area contributed by atoms with Crippen molar-refractivity contribution in [2.75, 3.05) is 5.32 Å². The van der Waals surface area contributed by atoms with Crippen LogP contribution in [0.2, 0.25) is 0 Å². The van der Waals surface area contributed by atoms with Crippen LogP contribution in [0.5, 0.6) is 0 Å². The zero-order valence-corrected chi connectivity index (χ0v) is 13.6. The fourth-order valence-corrected chi connectivity index (χ4v) is 2.68. The number of aromatic nitrogens is 3. The van der Waals surface area contributed by atoms with Crippen LogP contribution in [0.25, 0.3) is 0 Å². The molecular formula is C13H17N5O3S. The highest BCUT2D eigenvalue weighted by Crippen LogP contribution is 2.26. The van der Waals surface area contributed by atoms with Gasteiger partial charge in [0.05, 0.1) is 5.69 Å². The second-order valence-electron chi connectivity index (χ2n) is 5.87. The topological polar surface area (TPSA) is 103 Å². The lowest BCUT2D eigenvalue weighted by Crippen LogP contribution is -2.19. The van der Waals surface area contributed by atoms with Crippen molar-refractivity contribution in [1.82, 2.24) is 14.5 Å². The zero-order valence-electron chi connectivity index (χ0n) is 12.8. The van der Waals surface area contributed by atoms with Gasteiger partial charge in [-0.05, 0) is 9.91 Å². The van der Waals surface area contributed by atoms with Crippen molar-refractivity contribution in [2.45, 2.75) is 39.7 Å². The SMILES string of the molecule is Cc1nc([N+](=O)[O-])cn1CC(=O)Nc1nc(C(C)(C)C)cs1. The maximum Gasteiger partial charge on any atom is 0.381 e. The van der Waals surface area contributed by atoms with Crippen molar-refractivity contribution in [2.24, 2.45) is 0 Å². The largest absolute Gasteiger partial charge is 0.381 e. The third kappa shape index (κ3) is 3.67. The number of nitrogens with one attached hydrogen (secondary N) is 1. The van der Waals surface area contributed by atoms with E-state index < -0.39 is 4.92 Å². The Balaban J connectivity index is 2.04. The summed E-state index contributed by atoms with van der Waals surface area (Å²) in [7, 11) is 0. The molecule has 0 aliphatic rings. The molecule has 2 aromatic rings. The monoisotopic (exact) mass is 323 g/mol. The Labute approximate surface area is 131 Å². The van der Waals surface area contributed by atoms with Crippen molar-refractivity contribution in [3.05, 3.63) is 33.2 Å². The first-order valence-corrected chi connectivity index (χ1v) is 7.49. The van der Waals surface area contributed by atoms with Crippen molar-refractivity contribution in [1.29, 1.82) is 0 Å². The van der Waals surface area contributed by atoms with Gasteiger partial charge in [0.1, 0.15) is 12.7 Å². The summed E-state index contributed by atoms with van der Waals surface area (Å²) in [6, 6.07) is 0. The van der Waals surface area contributed by atoms with Crippen LogP contribution in [-0.2, 0) is 16.8 Å². The molecular weight excluding hydrogens is 306 g/mol. The Bertz CT molecular complexity index is 714. The number of nitro groups is 1. The number of carbonyl (C=O) groups is 1. The molecule has 0 radical (unpaired) electrons. The van der Waals surface area contributed by atoms with E-state index in [9.17, 15) is 14.9 Å². The smallest absolute Gasteiger partial charge is 0.358 e. The molecule has 2 heterocycles. The lowest BCUT2D eigenvalue weighted by Gasteiger charge is -2.14. The predicted octanol–water partition coefficient (Wildman–Crippen LogP) is 2.49. The number of aryl methyl sites for hydroxylation is 1. The van der Waals surface area contributed by atoms with Crippen molar-refractivity contribution >= 4 is 28.2 Å². The van der Waals surface area contributed by atoms with Crippen molar-refractivity contribution in [3.8, 4) is 0 Å². The highest BCUT2D eigenvalue weighted by Gasteiger charge is 2.20. The van der Waals surface area contributed by atoms with Crippen molar-refractivity contribution < 1.29 is 9.72 Å². The third-order valence-electron chi connectivity index (χ3n) is 2.98. The van der Waals surface area contributed by atoms with Crippen LogP contribution in [0.4, 0.5) is 10.9 Å². The van der Waals surface area contributed by atoms with E-state index in [1.807, 2.05) is 26.2 Å². The molecule has 0 bridgehead atoms. The Hall–Kier alpha value is -2.29. The van der Waals surface area contributed by atoms with Crippen LogP contribution in [-0.4, -0.2) is 25.4 Å². The fourth-order valence-electron chi connectivity index (χ4n) is 1.73. The molecule has 0 saturated carbocycles. The van der Waals surface area contributed by atoms with Gasteiger partial charge >= 0.3 is 5.82 Å². The summed E-state index contributed by atoms with van der Waals surface area (Å²) in [4.78, 5) is 30.2. The van der Waals surface area contributed by atoms with E-state index in [-0.39, 0.29) is 23.7 Å². The summed E-state index contributed by atoms with van der Waals surface area (Å²) in [5.41, 5.74) is 0.823. The number of hydrogen-bond donors (Lipinski definition) is 1. The minimum atomic E-state index is -0.585. The number of nitrogens with zero attached hydrogens (tertiary/aromatic N) is 4. The minimum Gasteiger partial charge on any atom is -0.358 e. The summed E-state index contributed by atoms with van der Waals surface area (Å²) in [5, 5.41) is 15.8. The number of rotatable bonds is 4. The average Bonchev–Trinajstić information content (AvgIpc) is 2.97. The summed E-state index contributed by atoms with van der Waals surface area (Å²) in [5.74, 6) is -0.156. The standard InChI is InChI=1S/C13H17N5O3S/c1-8-14-10(18(20)21)5-17(8)6-11(19)16-12-15-9(7-22-12)13(2,3)4/h5,7H,6H2,1-4H3,(H,15,16,19). The molecule has 0 aromatic carbocycles. The molecule has 1 amide bonds. The molecule has 8 nitrogen and oxygen atoms in total. The van der Waals surface area contributed by atoms with Crippen molar-refractivity contribution in [3.63, 3.8) is 0 Å². The lowest BCUT2D eigenvalue weighted by molar-refractivity contribution is -0.389. The first-order valence-electron chi connectivity index (χ1n) is 6.61. The molecule has 118 valence electrons. The maximum atomic E-state index is 12.0. The van der Waals surface area contributed by atoms with Crippen LogP contribution >= 0.6 is 11.3 Å². The van der Waals surface area contributed by atoms with E-state index in [1.54, 1.807) is 6.92 Å². The van der Waals surface area contributed by atoms with E-state index in [1.165, 1.54) is 22.1 Å². The molecule has 9 heteroatoms. The minimum absolute atomic E-state index is 0.0445. The van der Waals surface area contributed by atoms with Gasteiger partial charge in [-0.25, -0.2) is 4.98 Å². The second kappa shape index (κ2) is 5.84. The molecule has 0 fully saturated rings. The highest BCUT2D eigenvalue weighted by molar-refractivity contribution is 7.13. The Morgan fingerprint density at radius 1 is 1.45 bits per heavy atom. The molecule has 22 heavy (non-hydrogen) atoms. The Morgan fingerprint density at radius 3 is 2.64 bits per heavy atom. The third-order valence-corrected chi connectivity index (χ3v) is 3.74. The summed E-state index contributed by atoms with van der Waals surface area (Å²) in [6.07, 6.45) is 1.25. The van der Waals surface area contributed by atoms with Crippen LogP contribution in [0.3, 0.4) is 0 Å². The normalized spacial score (nSPS) is 11.5. The van der Waals surface area contributed by atoms with Crippen LogP contribution < -0.4 is 5.32 Å². The predicted molar refractivity (Wildman–Crippen MR) is 83.1 cm³/mol. The molecule has 0 spiro atoms. The second-order valence-corrected chi connectivity index (χ2v) is 6.73. The quantitative estimate of drug-likeness (QED) is 0.688. The highest BCUT2D eigenvalue weighted by atomic mass is 32.1. The van der Waals surface area contributed by atoms with E-state index >= 15 is 0 Å². The zero-order chi connectivity index (χ0) is 16.5. The van der Waals surface area contributed by atoms with Crippen LogP contribution in [0.1, 0.15) is 32.3 Å². The van der Waals surface area contributed by atoms with Gasteiger partial charge in [-0.15, -0.1) is 11.3 Å². The molecule has 0 saturated heterocycles. The Kier molecular flexibility index (Phi) is 4.27. The summed E-state index contributed by atoms with van der Waals surface area (Å²) in [6.45, 7) is 7.70. The average molecular weight is 323 g/mol. The van der Waals surface area contributed by atoms with E-state index in [4.69, 9.17) is 0 Å². The molecule has 1 N–H and O–H groups in total. The number of imidazole rings is 1. The van der Waals surface area contributed by atoms with Gasteiger partial charge in [-0.3, -0.25) is 9.36 Å². The number of carbonyl (C=O) groups excluding carboxylic acids is 1. The molecule has 2 rings (SSSR count). The molecule has 2 aromatic heterocycles. The van der Waals surface area contributed by atoms with Crippen LogP contribution in [0, 0.1) is 17.0 Å². The number of hydrogen-bond acceptors (Lipinski definition) is 6. The number of anilines is 1. The fraction of sp³-hybridized carbons (Fsp3) is 0.462. The Morgan fingerprint density at radius 2 is 2.14 bits per heavy atom. The van der Waals surface area contributed by atoms with Gasteiger partial charge in [0.15, 0.2) is 5.13 Å². The first kappa shape index (κ1) is 16.1. The molecule has 0 unspecified atom stereocenters. The number of thiazole rings is 1. The van der Waals surface area contributed by atoms with E-state index in [0.717, 1.165) is 5.69 Å². The molecule has 0 aliphatic carbocycles. The molecule has 0 aliphatic heterocycles. The number of amides is 1. The van der Waals surface area contributed by atoms with Gasteiger partial charge < -0.3 is 15.4 Å². The maximum absolute atomic E-state index is 12.0. The molecule has 0 atom stereocenters. The first-order chi connectivity index (χ1) is 10.2. The van der Waals surface area contributed by atoms with Gasteiger partial charge in [0, 0.05) is 17.7 Å². The lowest BCUT2D eigenvalue weighted by atomic mass is 9.93. The van der Waals surface area contributed by atoms with Gasteiger partial charge in [-0.1, -0.05) is 20.8 Å². The van der Waals surface area contributed by atoms with E-state index in [2.05, 4.69) is 15.3 Å².